The molecule has 0 aliphatic carbocycles. The standard InChI is InChI=1S/C24H34N6O2/c1-3-26-24(29(2)15-16-32-21-11-5-4-6-12-21)28-17-19-9-7-13-27-23(19)30-14-8-10-20(18-30)22(25)31/h4-7,9,11-13,20H,3,8,10,14-18H2,1-2H3,(H2,25,31)(H,26,28). The molecule has 1 unspecified atom stereocenters. The van der Waals surface area contributed by atoms with Gasteiger partial charge in [-0.05, 0) is 38.0 Å². The van der Waals surface area contributed by atoms with Gasteiger partial charge >= 0.3 is 0 Å². The maximum atomic E-state index is 11.7. The first-order valence-electron chi connectivity index (χ1n) is 11.2. The van der Waals surface area contributed by atoms with Gasteiger partial charge in [0, 0.05) is 38.4 Å². The highest BCUT2D eigenvalue weighted by Crippen LogP contribution is 2.25. The number of aliphatic imine (C=N–C) groups is 1. The third-order valence-corrected chi connectivity index (χ3v) is 5.53. The van der Waals surface area contributed by atoms with E-state index in [1.165, 1.54) is 0 Å². The van der Waals surface area contributed by atoms with E-state index in [0.29, 0.717) is 26.2 Å². The predicted molar refractivity (Wildman–Crippen MR) is 128 cm³/mol. The lowest BCUT2D eigenvalue weighted by Gasteiger charge is -2.33. The van der Waals surface area contributed by atoms with E-state index in [1.54, 1.807) is 6.20 Å². The van der Waals surface area contributed by atoms with Gasteiger partial charge in [0.1, 0.15) is 18.2 Å². The molecule has 2 aromatic rings. The fraction of sp³-hybridized carbons (Fsp3) is 0.458. The fourth-order valence-electron chi connectivity index (χ4n) is 3.79. The highest BCUT2D eigenvalue weighted by Gasteiger charge is 2.26. The largest absolute Gasteiger partial charge is 0.492 e. The summed E-state index contributed by atoms with van der Waals surface area (Å²) in [6.45, 7) is 6.06. The summed E-state index contributed by atoms with van der Waals surface area (Å²) in [5.74, 6) is 2.19. The van der Waals surface area contributed by atoms with Crippen LogP contribution < -0.4 is 20.7 Å². The van der Waals surface area contributed by atoms with Gasteiger partial charge in [0.25, 0.3) is 0 Å². The Kier molecular flexibility index (Phi) is 8.71. The second-order valence-corrected chi connectivity index (χ2v) is 7.93. The van der Waals surface area contributed by atoms with Crippen LogP contribution in [0.1, 0.15) is 25.3 Å². The van der Waals surface area contributed by atoms with Gasteiger partial charge in [-0.15, -0.1) is 0 Å². The van der Waals surface area contributed by atoms with Gasteiger partial charge in [0.2, 0.25) is 5.91 Å². The highest BCUT2D eigenvalue weighted by atomic mass is 16.5. The molecule has 1 saturated heterocycles. The van der Waals surface area contributed by atoms with E-state index >= 15 is 0 Å². The Morgan fingerprint density at radius 3 is 2.88 bits per heavy atom. The average Bonchev–Trinajstić information content (AvgIpc) is 2.82. The van der Waals surface area contributed by atoms with Gasteiger partial charge in [-0.2, -0.15) is 0 Å². The Bertz CT molecular complexity index is 889. The molecule has 0 spiro atoms. The maximum absolute atomic E-state index is 11.7. The zero-order valence-electron chi connectivity index (χ0n) is 19.0. The van der Waals surface area contributed by atoms with Crippen molar-refractivity contribution in [2.45, 2.75) is 26.3 Å². The minimum absolute atomic E-state index is 0.129. The van der Waals surface area contributed by atoms with Crippen molar-refractivity contribution >= 4 is 17.7 Å². The van der Waals surface area contributed by atoms with Crippen LogP contribution in [-0.4, -0.2) is 61.6 Å². The second-order valence-electron chi connectivity index (χ2n) is 7.93. The molecule has 8 nitrogen and oxygen atoms in total. The number of likely N-dealkylation sites (N-methyl/N-ethyl adjacent to an activating group) is 1. The quantitative estimate of drug-likeness (QED) is 0.461. The van der Waals surface area contributed by atoms with Crippen LogP contribution in [-0.2, 0) is 11.3 Å². The number of nitrogens with two attached hydrogens (primary N) is 1. The number of primary amides is 1. The van der Waals surface area contributed by atoms with Crippen molar-refractivity contribution in [3.63, 3.8) is 0 Å². The number of amides is 1. The molecular weight excluding hydrogens is 404 g/mol. The summed E-state index contributed by atoms with van der Waals surface area (Å²) in [4.78, 5) is 25.3. The summed E-state index contributed by atoms with van der Waals surface area (Å²) < 4.78 is 5.82. The van der Waals surface area contributed by atoms with Gasteiger partial charge in [-0.1, -0.05) is 24.3 Å². The van der Waals surface area contributed by atoms with E-state index in [4.69, 9.17) is 15.5 Å². The Morgan fingerprint density at radius 2 is 2.12 bits per heavy atom. The number of pyridine rings is 1. The summed E-state index contributed by atoms with van der Waals surface area (Å²) in [6.07, 6.45) is 3.56. The van der Waals surface area contributed by atoms with E-state index < -0.39 is 0 Å². The van der Waals surface area contributed by atoms with Gasteiger partial charge in [-0.25, -0.2) is 9.98 Å². The Balaban J connectivity index is 1.65. The number of carbonyl (C=O) groups is 1. The van der Waals surface area contributed by atoms with Crippen LogP contribution in [0.25, 0.3) is 0 Å². The summed E-state index contributed by atoms with van der Waals surface area (Å²) >= 11 is 0. The number of carbonyl (C=O) groups excluding carboxylic acids is 1. The lowest BCUT2D eigenvalue weighted by Crippen LogP contribution is -2.42. The molecule has 2 heterocycles. The van der Waals surface area contributed by atoms with Crippen LogP contribution in [0.4, 0.5) is 5.82 Å². The predicted octanol–water partition coefficient (Wildman–Crippen LogP) is 2.26. The van der Waals surface area contributed by atoms with Crippen molar-refractivity contribution in [1.82, 2.24) is 15.2 Å². The molecule has 0 saturated carbocycles. The molecule has 1 amide bonds. The van der Waals surface area contributed by atoms with Gasteiger partial charge in [0.05, 0.1) is 19.0 Å². The molecule has 1 aromatic heterocycles. The molecule has 1 aromatic carbocycles. The van der Waals surface area contributed by atoms with Crippen LogP contribution in [0.3, 0.4) is 0 Å². The SMILES string of the molecule is CCNC(=NCc1cccnc1N1CCCC(C(N)=O)C1)N(C)CCOc1ccccc1. The monoisotopic (exact) mass is 438 g/mol. The number of aromatic nitrogens is 1. The smallest absolute Gasteiger partial charge is 0.222 e. The number of guanidine groups is 1. The molecule has 1 aliphatic rings. The minimum Gasteiger partial charge on any atom is -0.492 e. The molecule has 1 atom stereocenters. The molecule has 1 aliphatic heterocycles. The van der Waals surface area contributed by atoms with Crippen LogP contribution in [0.15, 0.2) is 53.7 Å². The summed E-state index contributed by atoms with van der Waals surface area (Å²) in [7, 11) is 2.00. The van der Waals surface area contributed by atoms with E-state index in [2.05, 4.69) is 27.0 Å². The molecule has 8 heteroatoms. The first-order chi connectivity index (χ1) is 15.6. The van der Waals surface area contributed by atoms with Crippen molar-refractivity contribution in [1.29, 1.82) is 0 Å². The van der Waals surface area contributed by atoms with E-state index in [-0.39, 0.29) is 11.8 Å². The Labute approximate surface area is 190 Å². The van der Waals surface area contributed by atoms with Crippen LogP contribution in [0.2, 0.25) is 0 Å². The molecule has 3 N–H and O–H groups in total. The van der Waals surface area contributed by atoms with E-state index in [1.807, 2.05) is 49.5 Å². The molecule has 3 rings (SSSR count). The van der Waals surface area contributed by atoms with Crippen molar-refractivity contribution in [2.75, 3.05) is 44.7 Å². The topological polar surface area (TPSA) is 96.1 Å². The third kappa shape index (κ3) is 6.60. The number of ether oxygens (including phenoxy) is 1. The molecule has 172 valence electrons. The molecule has 0 bridgehead atoms. The zero-order valence-corrected chi connectivity index (χ0v) is 19.0. The van der Waals surface area contributed by atoms with Crippen molar-refractivity contribution in [2.24, 2.45) is 16.6 Å². The number of para-hydroxylation sites is 1. The lowest BCUT2D eigenvalue weighted by atomic mass is 9.97. The highest BCUT2D eigenvalue weighted by molar-refractivity contribution is 5.80. The van der Waals surface area contributed by atoms with E-state index in [9.17, 15) is 4.79 Å². The number of rotatable bonds is 9. The van der Waals surface area contributed by atoms with Crippen molar-refractivity contribution in [3.05, 3.63) is 54.2 Å². The number of hydrogen-bond donors (Lipinski definition) is 2. The minimum atomic E-state index is -0.237. The second kappa shape index (κ2) is 11.9. The van der Waals surface area contributed by atoms with Gasteiger partial charge in [0.15, 0.2) is 5.96 Å². The normalized spacial score (nSPS) is 16.5. The number of nitrogens with one attached hydrogen (secondary N) is 1. The number of benzene rings is 1. The number of hydrogen-bond acceptors (Lipinski definition) is 5. The zero-order chi connectivity index (χ0) is 22.8. The van der Waals surface area contributed by atoms with E-state index in [0.717, 1.165) is 49.0 Å². The first kappa shape index (κ1) is 23.4. The Morgan fingerprint density at radius 1 is 1.31 bits per heavy atom. The Hall–Kier alpha value is -3.29. The molecular formula is C24H34N6O2. The average molecular weight is 439 g/mol. The number of piperidine rings is 1. The number of nitrogens with zero attached hydrogens (tertiary/aromatic N) is 4. The summed E-state index contributed by atoms with van der Waals surface area (Å²) in [5.41, 5.74) is 6.59. The third-order valence-electron chi connectivity index (χ3n) is 5.53. The van der Waals surface area contributed by atoms with Crippen LogP contribution >= 0.6 is 0 Å². The van der Waals surface area contributed by atoms with Crippen molar-refractivity contribution < 1.29 is 9.53 Å². The molecule has 1 fully saturated rings. The van der Waals surface area contributed by atoms with Crippen molar-refractivity contribution in [3.8, 4) is 5.75 Å². The summed E-state index contributed by atoms with van der Waals surface area (Å²) in [5, 5.41) is 3.35. The van der Waals surface area contributed by atoms with Gasteiger partial charge in [-0.3, -0.25) is 4.79 Å². The van der Waals surface area contributed by atoms with Gasteiger partial charge < -0.3 is 25.6 Å². The molecule has 32 heavy (non-hydrogen) atoms. The number of anilines is 1. The lowest BCUT2D eigenvalue weighted by molar-refractivity contribution is -0.122. The maximum Gasteiger partial charge on any atom is 0.222 e. The fourth-order valence-corrected chi connectivity index (χ4v) is 3.79. The molecule has 0 radical (unpaired) electrons. The first-order valence-corrected chi connectivity index (χ1v) is 11.2. The van der Waals surface area contributed by atoms with Crippen LogP contribution in [0, 0.1) is 5.92 Å². The van der Waals surface area contributed by atoms with Crippen LogP contribution in [0.5, 0.6) is 5.75 Å². The summed E-state index contributed by atoms with van der Waals surface area (Å²) in [6, 6.07) is 13.8.